The number of aromatic nitrogens is 4. The fraction of sp³-hybridized carbons (Fsp3) is 0.520. The van der Waals surface area contributed by atoms with E-state index >= 15 is 0 Å². The summed E-state index contributed by atoms with van der Waals surface area (Å²) in [6.07, 6.45) is 9.45. The molecule has 0 radical (unpaired) electrons. The van der Waals surface area contributed by atoms with E-state index in [1.54, 1.807) is 0 Å². The first-order valence-electron chi connectivity index (χ1n) is 11.9. The second kappa shape index (κ2) is 9.76. The average Bonchev–Trinajstić information content (AvgIpc) is 3.48. The summed E-state index contributed by atoms with van der Waals surface area (Å²) in [5.74, 6) is 5.56. The van der Waals surface area contributed by atoms with Crippen molar-refractivity contribution in [2.24, 2.45) is 17.8 Å². The maximum absolute atomic E-state index is 6.08. The molecule has 1 aliphatic heterocycles. The zero-order chi connectivity index (χ0) is 22.8. The lowest BCUT2D eigenvalue weighted by Crippen LogP contribution is -2.35. The fourth-order valence-corrected chi connectivity index (χ4v) is 5.34. The Morgan fingerprint density at radius 2 is 1.91 bits per heavy atom. The van der Waals surface area contributed by atoms with Crippen LogP contribution in [0.2, 0.25) is 0 Å². The number of ether oxygens (including phenoxy) is 1. The van der Waals surface area contributed by atoms with Crippen molar-refractivity contribution in [1.29, 1.82) is 0 Å². The molecule has 1 saturated carbocycles. The summed E-state index contributed by atoms with van der Waals surface area (Å²) in [4.78, 5) is 11.3. The van der Waals surface area contributed by atoms with Crippen LogP contribution in [0.4, 0.5) is 5.95 Å². The van der Waals surface area contributed by atoms with Crippen molar-refractivity contribution in [1.82, 2.24) is 20.2 Å². The molecule has 3 aromatic rings. The molecule has 0 N–H and O–H groups in total. The van der Waals surface area contributed by atoms with Crippen LogP contribution in [-0.4, -0.2) is 39.9 Å². The molecular formula is C25H32N5O2P. The molecule has 5 rings (SSSR count). The van der Waals surface area contributed by atoms with Gasteiger partial charge in [-0.2, -0.15) is 0 Å². The van der Waals surface area contributed by atoms with Gasteiger partial charge in [-0.3, -0.25) is 0 Å². The van der Waals surface area contributed by atoms with Gasteiger partial charge in [0.25, 0.3) is 0 Å². The highest BCUT2D eigenvalue weighted by molar-refractivity contribution is 7.27. The van der Waals surface area contributed by atoms with Gasteiger partial charge in [0.1, 0.15) is 5.75 Å². The minimum Gasteiger partial charge on any atom is -0.494 e. The van der Waals surface area contributed by atoms with Crippen LogP contribution in [0.15, 0.2) is 35.0 Å². The van der Waals surface area contributed by atoms with E-state index in [2.05, 4.69) is 46.4 Å². The van der Waals surface area contributed by atoms with E-state index in [4.69, 9.17) is 9.15 Å². The number of anilines is 1. The number of hydrogen-bond acceptors (Lipinski definition) is 7. The molecule has 33 heavy (non-hydrogen) atoms. The number of piperidine rings is 1. The molecule has 174 valence electrons. The van der Waals surface area contributed by atoms with Crippen LogP contribution in [0, 0.1) is 31.6 Å². The maximum Gasteiger partial charge on any atom is 0.225 e. The molecule has 3 unspecified atom stereocenters. The third-order valence-electron chi connectivity index (χ3n) is 6.96. The van der Waals surface area contributed by atoms with Gasteiger partial charge in [0.2, 0.25) is 17.7 Å². The Balaban J connectivity index is 1.04. The van der Waals surface area contributed by atoms with Crippen LogP contribution in [-0.2, 0) is 6.42 Å². The van der Waals surface area contributed by atoms with Crippen LogP contribution >= 0.6 is 9.24 Å². The molecule has 0 amide bonds. The number of aryl methyl sites for hydroxylation is 2. The highest BCUT2D eigenvalue weighted by atomic mass is 31.0. The van der Waals surface area contributed by atoms with Gasteiger partial charge >= 0.3 is 0 Å². The molecule has 3 heterocycles. The third-order valence-corrected chi connectivity index (χ3v) is 7.49. The summed E-state index contributed by atoms with van der Waals surface area (Å²) in [6.45, 7) is 6.76. The van der Waals surface area contributed by atoms with Crippen molar-refractivity contribution in [2.75, 3.05) is 24.6 Å². The second-order valence-corrected chi connectivity index (χ2v) is 10.1. The van der Waals surface area contributed by atoms with Crippen LogP contribution in [0.5, 0.6) is 5.75 Å². The van der Waals surface area contributed by atoms with E-state index in [1.165, 1.54) is 19.3 Å². The normalized spacial score (nSPS) is 20.8. The molecule has 7 nitrogen and oxygen atoms in total. The molecule has 0 bridgehead atoms. The summed E-state index contributed by atoms with van der Waals surface area (Å²) >= 11 is 0. The van der Waals surface area contributed by atoms with Crippen molar-refractivity contribution in [3.8, 4) is 5.75 Å². The van der Waals surface area contributed by atoms with Crippen LogP contribution < -0.4 is 14.9 Å². The highest BCUT2D eigenvalue weighted by Gasteiger charge is 2.43. The Morgan fingerprint density at radius 3 is 2.61 bits per heavy atom. The van der Waals surface area contributed by atoms with Gasteiger partial charge in [0.05, 0.1) is 13.0 Å². The average molecular weight is 466 g/mol. The van der Waals surface area contributed by atoms with E-state index in [9.17, 15) is 0 Å². The first-order chi connectivity index (χ1) is 16.0. The Bertz CT molecular complexity index is 1080. The maximum atomic E-state index is 6.08. The molecule has 8 heteroatoms. The van der Waals surface area contributed by atoms with E-state index < -0.39 is 0 Å². The lowest BCUT2D eigenvalue weighted by atomic mass is 9.90. The van der Waals surface area contributed by atoms with Crippen molar-refractivity contribution in [2.45, 2.75) is 46.0 Å². The van der Waals surface area contributed by atoms with Gasteiger partial charge in [0, 0.05) is 32.4 Å². The number of hydrogen-bond donors (Lipinski definition) is 0. The lowest BCUT2D eigenvalue weighted by Gasteiger charge is -2.32. The van der Waals surface area contributed by atoms with Gasteiger partial charge in [-0.25, -0.2) is 9.97 Å². The Kier molecular flexibility index (Phi) is 6.59. The van der Waals surface area contributed by atoms with Crippen molar-refractivity contribution in [3.05, 3.63) is 53.5 Å². The Morgan fingerprint density at radius 1 is 1.12 bits per heavy atom. The summed E-state index contributed by atoms with van der Waals surface area (Å²) in [6, 6.07) is 6.21. The fourth-order valence-electron chi connectivity index (χ4n) is 4.98. The standard InChI is InChI=1S/C25H32N5O2P/c1-16-14-26-25(27-15-16)30-8-5-18(6-9-30)22-11-19(22)7-10-31-21-4-3-20(23(33)13-21)12-24-29-28-17(2)32-24/h3-4,13-15,18-19,22H,5-12,33H2,1-2H3. The number of nitrogens with zero attached hydrogens (tertiary/aromatic N) is 5. The summed E-state index contributed by atoms with van der Waals surface area (Å²) in [5.41, 5.74) is 2.26. The zero-order valence-corrected chi connectivity index (χ0v) is 20.6. The first-order valence-corrected chi connectivity index (χ1v) is 12.5. The van der Waals surface area contributed by atoms with Gasteiger partial charge in [-0.1, -0.05) is 6.07 Å². The van der Waals surface area contributed by atoms with Crippen LogP contribution in [0.1, 0.15) is 48.6 Å². The van der Waals surface area contributed by atoms with E-state index in [1.807, 2.05) is 32.3 Å². The Hall–Kier alpha value is -2.53. The quantitative estimate of drug-likeness (QED) is 0.467. The largest absolute Gasteiger partial charge is 0.494 e. The van der Waals surface area contributed by atoms with Crippen LogP contribution in [0.25, 0.3) is 0 Å². The topological polar surface area (TPSA) is 77.2 Å². The predicted octanol–water partition coefficient (Wildman–Crippen LogP) is 3.89. The van der Waals surface area contributed by atoms with Crippen molar-refractivity contribution < 1.29 is 9.15 Å². The minimum absolute atomic E-state index is 0.597. The van der Waals surface area contributed by atoms with Gasteiger partial charge in [-0.05, 0) is 78.9 Å². The molecule has 3 atom stereocenters. The number of rotatable bonds is 8. The van der Waals surface area contributed by atoms with E-state index in [0.29, 0.717) is 18.2 Å². The monoisotopic (exact) mass is 465 g/mol. The highest BCUT2D eigenvalue weighted by Crippen LogP contribution is 2.49. The first kappa shape index (κ1) is 22.3. The van der Waals surface area contributed by atoms with Gasteiger partial charge in [-0.15, -0.1) is 19.4 Å². The molecule has 2 aromatic heterocycles. The molecule has 1 aliphatic carbocycles. The molecule has 0 spiro atoms. The Labute approximate surface area is 197 Å². The molecule has 2 aliphatic rings. The summed E-state index contributed by atoms with van der Waals surface area (Å²) < 4.78 is 11.6. The van der Waals surface area contributed by atoms with E-state index in [0.717, 1.165) is 72.0 Å². The number of benzene rings is 1. The smallest absolute Gasteiger partial charge is 0.225 e. The van der Waals surface area contributed by atoms with Gasteiger partial charge < -0.3 is 14.1 Å². The van der Waals surface area contributed by atoms with Crippen LogP contribution in [0.3, 0.4) is 0 Å². The van der Waals surface area contributed by atoms with Gasteiger partial charge in [0.15, 0.2) is 0 Å². The molecule has 2 fully saturated rings. The SMILES string of the molecule is Cc1cnc(N2CCC(C3CC3CCOc3ccc(Cc4nnc(C)o4)c(P)c3)CC2)nc1. The molecule has 1 aromatic carbocycles. The van der Waals surface area contributed by atoms with Crippen molar-refractivity contribution in [3.63, 3.8) is 0 Å². The zero-order valence-electron chi connectivity index (χ0n) is 19.4. The summed E-state index contributed by atoms with van der Waals surface area (Å²) in [7, 11) is 2.79. The molecular weight excluding hydrogens is 433 g/mol. The lowest BCUT2D eigenvalue weighted by molar-refractivity contribution is 0.284. The second-order valence-electron chi connectivity index (χ2n) is 9.43. The van der Waals surface area contributed by atoms with E-state index in [-0.39, 0.29) is 0 Å². The minimum atomic E-state index is 0.597. The summed E-state index contributed by atoms with van der Waals surface area (Å²) in [5, 5.41) is 9.09. The molecule has 1 saturated heterocycles. The van der Waals surface area contributed by atoms with Crippen molar-refractivity contribution >= 4 is 20.5 Å². The predicted molar refractivity (Wildman–Crippen MR) is 131 cm³/mol. The third kappa shape index (κ3) is 5.52.